The zero-order chi connectivity index (χ0) is 24.0. The molecule has 1 amide bonds. The van der Waals surface area contributed by atoms with Crippen LogP contribution in [0.3, 0.4) is 0 Å². The number of nitrogens with two attached hydrogens (primary N) is 1. The second kappa shape index (κ2) is 8.61. The van der Waals surface area contributed by atoms with Gasteiger partial charge in [0.15, 0.2) is 5.13 Å². The maximum atomic E-state index is 12.2. The van der Waals surface area contributed by atoms with Crippen LogP contribution in [0, 0.1) is 0 Å². The first-order chi connectivity index (χ1) is 16.3. The standard InChI is InChI=1S/C23H25ClN6O3S/c1-29-17-7-4-13(21(32)33)10-16(17)27-23(29,19(12-20(25)31)30-8-2-3-9-30)28-22-26-15-6-5-14(24)11-18(15)34-22/h4-7,10-11,19,27H,2-3,8-9,12H2,1H3,(H2,25,31)(H,26,28)(H,32,33). The molecule has 178 valence electrons. The number of amides is 1. The van der Waals surface area contributed by atoms with E-state index in [4.69, 9.17) is 22.3 Å². The Labute approximate surface area is 205 Å². The second-order valence-electron chi connectivity index (χ2n) is 8.67. The Balaban J connectivity index is 1.62. The molecule has 11 heteroatoms. The topological polar surface area (TPSA) is 124 Å². The lowest BCUT2D eigenvalue weighted by atomic mass is 10.0. The number of carboxylic acid groups (broad SMARTS) is 1. The number of fused-ring (bicyclic) bond motifs is 2. The Hall–Kier alpha value is -3.08. The van der Waals surface area contributed by atoms with Crippen LogP contribution in [0.25, 0.3) is 10.2 Å². The minimum absolute atomic E-state index is 0.112. The first kappa shape index (κ1) is 22.7. The lowest BCUT2D eigenvalue weighted by molar-refractivity contribution is -0.119. The van der Waals surface area contributed by atoms with Crippen molar-refractivity contribution in [2.24, 2.45) is 5.73 Å². The summed E-state index contributed by atoms with van der Waals surface area (Å²) in [4.78, 5) is 32.9. The first-order valence-electron chi connectivity index (χ1n) is 11.0. The SMILES string of the molecule is CN1c2ccc(C(=O)O)cc2NC1(Nc1nc2ccc(Cl)cc2s1)C(CC(N)=O)N1CCCC1. The van der Waals surface area contributed by atoms with E-state index in [2.05, 4.69) is 15.5 Å². The number of carbonyl (C=O) groups is 2. The van der Waals surface area contributed by atoms with Crippen molar-refractivity contribution in [1.29, 1.82) is 0 Å². The maximum absolute atomic E-state index is 12.2. The first-order valence-corrected chi connectivity index (χ1v) is 12.2. The summed E-state index contributed by atoms with van der Waals surface area (Å²) >= 11 is 7.64. The third kappa shape index (κ3) is 3.91. The van der Waals surface area contributed by atoms with Gasteiger partial charge in [-0.3, -0.25) is 9.69 Å². The summed E-state index contributed by atoms with van der Waals surface area (Å²) < 4.78 is 0.934. The van der Waals surface area contributed by atoms with Gasteiger partial charge in [0.05, 0.1) is 33.2 Å². The fraction of sp³-hybridized carbons (Fsp3) is 0.348. The zero-order valence-electron chi connectivity index (χ0n) is 18.5. The summed E-state index contributed by atoms with van der Waals surface area (Å²) in [5.41, 5.74) is 8.19. The van der Waals surface area contributed by atoms with Crippen molar-refractivity contribution in [3.8, 4) is 0 Å². The quantitative estimate of drug-likeness (QED) is 0.388. The largest absolute Gasteiger partial charge is 0.478 e. The van der Waals surface area contributed by atoms with Gasteiger partial charge in [-0.25, -0.2) is 9.78 Å². The number of thiazole rings is 1. The van der Waals surface area contributed by atoms with Crippen LogP contribution in [0.4, 0.5) is 16.5 Å². The van der Waals surface area contributed by atoms with Crippen LogP contribution in [0.5, 0.6) is 0 Å². The Bertz CT molecular complexity index is 1280. The minimum atomic E-state index is -1.01. The number of hydrogen-bond donors (Lipinski definition) is 4. The summed E-state index contributed by atoms with van der Waals surface area (Å²) in [6.07, 6.45) is 2.18. The van der Waals surface area contributed by atoms with Crippen LogP contribution < -0.4 is 21.3 Å². The molecule has 34 heavy (non-hydrogen) atoms. The molecule has 2 atom stereocenters. The highest BCUT2D eigenvalue weighted by Gasteiger charge is 2.52. The number of halogens is 1. The molecule has 3 aromatic rings. The van der Waals surface area contributed by atoms with E-state index in [-0.39, 0.29) is 18.0 Å². The summed E-state index contributed by atoms with van der Waals surface area (Å²) in [6.45, 7) is 1.67. The van der Waals surface area contributed by atoms with Crippen molar-refractivity contribution in [3.05, 3.63) is 47.0 Å². The number of aromatic carboxylic acids is 1. The molecule has 0 bridgehead atoms. The molecule has 0 spiro atoms. The Morgan fingerprint density at radius 1 is 1.29 bits per heavy atom. The molecule has 1 aromatic heterocycles. The number of likely N-dealkylation sites (tertiary alicyclic amines) is 1. The highest BCUT2D eigenvalue weighted by molar-refractivity contribution is 7.22. The minimum Gasteiger partial charge on any atom is -0.478 e. The molecule has 1 saturated heterocycles. The van der Waals surface area contributed by atoms with E-state index in [1.807, 2.05) is 24.1 Å². The number of anilines is 3. The van der Waals surface area contributed by atoms with Gasteiger partial charge in [0.1, 0.15) is 0 Å². The van der Waals surface area contributed by atoms with Gasteiger partial charge < -0.3 is 26.4 Å². The molecule has 1 fully saturated rings. The Kier molecular flexibility index (Phi) is 5.75. The molecular formula is C23H25ClN6O3S. The molecular weight excluding hydrogens is 476 g/mol. The van der Waals surface area contributed by atoms with Gasteiger partial charge in [0.25, 0.3) is 0 Å². The van der Waals surface area contributed by atoms with E-state index in [9.17, 15) is 14.7 Å². The van der Waals surface area contributed by atoms with Crippen LogP contribution >= 0.6 is 22.9 Å². The van der Waals surface area contributed by atoms with Crippen molar-refractivity contribution < 1.29 is 14.7 Å². The van der Waals surface area contributed by atoms with Crippen molar-refractivity contribution in [3.63, 3.8) is 0 Å². The van der Waals surface area contributed by atoms with Crippen LogP contribution in [-0.2, 0) is 4.79 Å². The summed E-state index contributed by atoms with van der Waals surface area (Å²) in [7, 11) is 1.92. The normalized spacial score (nSPS) is 20.8. The molecule has 0 aliphatic carbocycles. The fourth-order valence-electron chi connectivity index (χ4n) is 4.95. The summed E-state index contributed by atoms with van der Waals surface area (Å²) in [5, 5.41) is 17.9. The van der Waals surface area contributed by atoms with E-state index in [0.717, 1.165) is 41.8 Å². The van der Waals surface area contributed by atoms with Crippen molar-refractivity contribution in [2.45, 2.75) is 31.1 Å². The van der Waals surface area contributed by atoms with E-state index in [1.54, 1.807) is 24.3 Å². The highest BCUT2D eigenvalue weighted by Crippen LogP contribution is 2.44. The Morgan fingerprint density at radius 2 is 2.06 bits per heavy atom. The van der Waals surface area contributed by atoms with Gasteiger partial charge in [-0.15, -0.1) is 0 Å². The van der Waals surface area contributed by atoms with Gasteiger partial charge in [-0.05, 0) is 62.3 Å². The molecule has 5 N–H and O–H groups in total. The van der Waals surface area contributed by atoms with E-state index >= 15 is 0 Å². The predicted octanol–water partition coefficient (Wildman–Crippen LogP) is 3.62. The number of hydrogen-bond acceptors (Lipinski definition) is 8. The number of primary amides is 1. The number of benzene rings is 2. The molecule has 2 aliphatic heterocycles. The molecule has 2 aliphatic rings. The van der Waals surface area contributed by atoms with Crippen molar-refractivity contribution in [1.82, 2.24) is 9.88 Å². The highest BCUT2D eigenvalue weighted by atomic mass is 35.5. The average Bonchev–Trinajstić information content (AvgIpc) is 3.50. The van der Waals surface area contributed by atoms with Crippen LogP contribution in [0.15, 0.2) is 36.4 Å². The monoisotopic (exact) mass is 500 g/mol. The number of aromatic nitrogens is 1. The summed E-state index contributed by atoms with van der Waals surface area (Å²) in [5.74, 6) is -2.41. The molecule has 0 radical (unpaired) electrons. The number of carboxylic acids is 1. The number of nitrogens with one attached hydrogen (secondary N) is 2. The number of carbonyl (C=O) groups excluding carboxylic acids is 1. The van der Waals surface area contributed by atoms with Crippen molar-refractivity contribution in [2.75, 3.05) is 35.7 Å². The summed E-state index contributed by atoms with van der Waals surface area (Å²) in [6, 6.07) is 10.2. The van der Waals surface area contributed by atoms with Gasteiger partial charge >= 0.3 is 5.97 Å². The molecule has 9 nitrogen and oxygen atoms in total. The molecule has 2 unspecified atom stereocenters. The third-order valence-electron chi connectivity index (χ3n) is 6.57. The molecule has 2 aromatic carbocycles. The lowest BCUT2D eigenvalue weighted by Crippen LogP contribution is -2.68. The average molecular weight is 501 g/mol. The van der Waals surface area contributed by atoms with Gasteiger partial charge in [0, 0.05) is 18.5 Å². The maximum Gasteiger partial charge on any atom is 0.335 e. The predicted molar refractivity (Wildman–Crippen MR) is 135 cm³/mol. The second-order valence-corrected chi connectivity index (χ2v) is 10.1. The van der Waals surface area contributed by atoms with Crippen molar-refractivity contribution >= 4 is 61.5 Å². The molecule has 0 saturated carbocycles. The van der Waals surface area contributed by atoms with Crippen LogP contribution in [0.2, 0.25) is 5.02 Å². The Morgan fingerprint density at radius 3 is 2.76 bits per heavy atom. The molecule has 3 heterocycles. The molecule has 5 rings (SSSR count). The number of nitrogens with zero attached hydrogens (tertiary/aromatic N) is 3. The van der Waals surface area contributed by atoms with Gasteiger partial charge in [-0.2, -0.15) is 0 Å². The van der Waals surface area contributed by atoms with Crippen LogP contribution in [-0.4, -0.2) is 58.8 Å². The zero-order valence-corrected chi connectivity index (χ0v) is 20.1. The van der Waals surface area contributed by atoms with Gasteiger partial charge in [-0.1, -0.05) is 22.9 Å². The van der Waals surface area contributed by atoms with E-state index in [1.165, 1.54) is 11.3 Å². The third-order valence-corrected chi connectivity index (χ3v) is 7.73. The number of likely N-dealkylation sites (N-methyl/N-ethyl adjacent to an activating group) is 1. The fourth-order valence-corrected chi connectivity index (χ4v) is 6.15. The number of rotatable bonds is 7. The van der Waals surface area contributed by atoms with Crippen LogP contribution in [0.1, 0.15) is 29.6 Å². The van der Waals surface area contributed by atoms with E-state index < -0.39 is 17.7 Å². The smallest absolute Gasteiger partial charge is 0.335 e. The van der Waals surface area contributed by atoms with E-state index in [0.29, 0.717) is 15.8 Å². The lowest BCUT2D eigenvalue weighted by Gasteiger charge is -2.47. The van der Waals surface area contributed by atoms with Gasteiger partial charge in [0.2, 0.25) is 11.7 Å².